The van der Waals surface area contributed by atoms with E-state index >= 15 is 0 Å². The van der Waals surface area contributed by atoms with Crippen LogP contribution in [0.25, 0.3) is 0 Å². The highest BCUT2D eigenvalue weighted by molar-refractivity contribution is 5.47. The lowest BCUT2D eigenvalue weighted by atomic mass is 10.1. The maximum absolute atomic E-state index is 8.93. The summed E-state index contributed by atoms with van der Waals surface area (Å²) in [5.41, 5.74) is 2.02. The highest BCUT2D eigenvalue weighted by Crippen LogP contribution is 2.31. The SMILES string of the molecule is CCOc1ccc(C(C)Nc2cnn(CCO)c2)cc1OCC. The van der Waals surface area contributed by atoms with Crippen molar-refractivity contribution in [2.24, 2.45) is 0 Å². The van der Waals surface area contributed by atoms with E-state index in [2.05, 4.69) is 17.3 Å². The van der Waals surface area contributed by atoms with Crippen molar-refractivity contribution in [3.63, 3.8) is 0 Å². The third-order valence-electron chi connectivity index (χ3n) is 3.41. The van der Waals surface area contributed by atoms with Gasteiger partial charge in [0.25, 0.3) is 0 Å². The van der Waals surface area contributed by atoms with Gasteiger partial charge in [0.1, 0.15) is 0 Å². The number of aliphatic hydroxyl groups is 1. The molecule has 0 saturated carbocycles. The van der Waals surface area contributed by atoms with Gasteiger partial charge in [0.2, 0.25) is 0 Å². The first-order valence-electron chi connectivity index (χ1n) is 7.97. The molecule has 2 rings (SSSR count). The van der Waals surface area contributed by atoms with Crippen LogP contribution in [0, 0.1) is 0 Å². The molecule has 1 aromatic heterocycles. The first-order chi connectivity index (χ1) is 11.2. The number of anilines is 1. The Balaban J connectivity index is 2.11. The van der Waals surface area contributed by atoms with E-state index in [0.717, 1.165) is 22.7 Å². The van der Waals surface area contributed by atoms with Crippen LogP contribution in [0.4, 0.5) is 5.69 Å². The van der Waals surface area contributed by atoms with E-state index in [1.165, 1.54) is 0 Å². The van der Waals surface area contributed by atoms with Crippen molar-refractivity contribution >= 4 is 5.69 Å². The molecule has 0 aliphatic rings. The van der Waals surface area contributed by atoms with Crippen molar-refractivity contribution in [3.05, 3.63) is 36.2 Å². The second-order valence-corrected chi connectivity index (χ2v) is 5.15. The number of ether oxygens (including phenoxy) is 2. The summed E-state index contributed by atoms with van der Waals surface area (Å²) in [6.07, 6.45) is 3.63. The molecule has 1 atom stereocenters. The van der Waals surface area contributed by atoms with Crippen LogP contribution in [-0.2, 0) is 6.54 Å². The van der Waals surface area contributed by atoms with Crippen molar-refractivity contribution in [1.29, 1.82) is 0 Å². The van der Waals surface area contributed by atoms with Crippen LogP contribution in [0.3, 0.4) is 0 Å². The summed E-state index contributed by atoms with van der Waals surface area (Å²) in [5.74, 6) is 1.53. The maximum atomic E-state index is 8.93. The summed E-state index contributed by atoms with van der Waals surface area (Å²) >= 11 is 0. The number of aliphatic hydroxyl groups excluding tert-OH is 1. The van der Waals surface area contributed by atoms with Crippen LogP contribution >= 0.6 is 0 Å². The summed E-state index contributed by atoms with van der Waals surface area (Å²) in [6, 6.07) is 6.07. The van der Waals surface area contributed by atoms with Crippen molar-refractivity contribution < 1.29 is 14.6 Å². The van der Waals surface area contributed by atoms with Crippen LogP contribution in [0.5, 0.6) is 11.5 Å². The molecule has 2 aromatic rings. The fraction of sp³-hybridized carbons (Fsp3) is 0.471. The first kappa shape index (κ1) is 17.1. The molecule has 0 fully saturated rings. The summed E-state index contributed by atoms with van der Waals surface area (Å²) in [6.45, 7) is 7.77. The van der Waals surface area contributed by atoms with Crippen LogP contribution < -0.4 is 14.8 Å². The molecule has 1 unspecified atom stereocenters. The number of hydrogen-bond donors (Lipinski definition) is 2. The van der Waals surface area contributed by atoms with E-state index in [0.29, 0.717) is 19.8 Å². The highest BCUT2D eigenvalue weighted by Gasteiger charge is 2.11. The monoisotopic (exact) mass is 319 g/mol. The Morgan fingerprint density at radius 2 is 1.96 bits per heavy atom. The van der Waals surface area contributed by atoms with Crippen LogP contribution in [0.2, 0.25) is 0 Å². The maximum Gasteiger partial charge on any atom is 0.161 e. The van der Waals surface area contributed by atoms with Gasteiger partial charge < -0.3 is 19.9 Å². The molecule has 1 aromatic carbocycles. The second kappa shape index (κ2) is 8.43. The summed E-state index contributed by atoms with van der Waals surface area (Å²) < 4.78 is 13.0. The lowest BCUT2D eigenvalue weighted by molar-refractivity contribution is 0.269. The molecule has 0 spiro atoms. The van der Waals surface area contributed by atoms with Gasteiger partial charge in [-0.3, -0.25) is 4.68 Å². The molecule has 23 heavy (non-hydrogen) atoms. The molecule has 0 radical (unpaired) electrons. The van der Waals surface area contributed by atoms with Gasteiger partial charge in [-0.05, 0) is 38.5 Å². The number of benzene rings is 1. The molecule has 6 heteroatoms. The van der Waals surface area contributed by atoms with Crippen molar-refractivity contribution in [2.75, 3.05) is 25.1 Å². The van der Waals surface area contributed by atoms with E-state index in [9.17, 15) is 0 Å². The molecular formula is C17H25N3O3. The standard InChI is InChI=1S/C17H25N3O3/c1-4-22-16-7-6-14(10-17(16)23-5-2)13(3)19-15-11-18-20(12-15)8-9-21/h6-7,10-13,19,21H,4-5,8-9H2,1-3H3. The van der Waals surface area contributed by atoms with Gasteiger partial charge >= 0.3 is 0 Å². The Morgan fingerprint density at radius 1 is 1.22 bits per heavy atom. The largest absolute Gasteiger partial charge is 0.490 e. The Hall–Kier alpha value is -2.21. The van der Waals surface area contributed by atoms with E-state index in [1.807, 2.05) is 38.2 Å². The molecule has 0 amide bonds. The van der Waals surface area contributed by atoms with Gasteiger partial charge in [0, 0.05) is 12.2 Å². The smallest absolute Gasteiger partial charge is 0.161 e. The quantitative estimate of drug-likeness (QED) is 0.744. The zero-order valence-corrected chi connectivity index (χ0v) is 14.0. The van der Waals surface area contributed by atoms with Crippen molar-refractivity contribution in [3.8, 4) is 11.5 Å². The number of nitrogens with one attached hydrogen (secondary N) is 1. The zero-order valence-electron chi connectivity index (χ0n) is 14.0. The summed E-state index contributed by atoms with van der Waals surface area (Å²) in [7, 11) is 0. The Kier molecular flexibility index (Phi) is 6.29. The third-order valence-corrected chi connectivity index (χ3v) is 3.41. The van der Waals surface area contributed by atoms with Crippen molar-refractivity contribution in [2.45, 2.75) is 33.4 Å². The van der Waals surface area contributed by atoms with Gasteiger partial charge in [-0.1, -0.05) is 6.07 Å². The Bertz CT molecular complexity index is 613. The molecule has 1 heterocycles. The van der Waals surface area contributed by atoms with E-state index in [-0.39, 0.29) is 12.6 Å². The predicted octanol–water partition coefficient (Wildman–Crippen LogP) is 2.85. The number of aromatic nitrogens is 2. The van der Waals surface area contributed by atoms with Gasteiger partial charge in [0.15, 0.2) is 11.5 Å². The average molecular weight is 319 g/mol. The number of nitrogens with zero attached hydrogens (tertiary/aromatic N) is 2. The predicted molar refractivity (Wildman–Crippen MR) is 90.1 cm³/mol. The molecule has 0 aliphatic heterocycles. The molecule has 2 N–H and O–H groups in total. The van der Waals surface area contributed by atoms with Crippen molar-refractivity contribution in [1.82, 2.24) is 9.78 Å². The Labute approximate surface area is 137 Å². The molecule has 126 valence electrons. The number of hydrogen-bond acceptors (Lipinski definition) is 5. The lowest BCUT2D eigenvalue weighted by Gasteiger charge is -2.17. The molecule has 0 aliphatic carbocycles. The Morgan fingerprint density at radius 3 is 2.65 bits per heavy atom. The summed E-state index contributed by atoms with van der Waals surface area (Å²) in [5, 5.41) is 16.5. The third kappa shape index (κ3) is 4.63. The normalized spacial score (nSPS) is 12.0. The van der Waals surface area contributed by atoms with E-state index < -0.39 is 0 Å². The molecule has 6 nitrogen and oxygen atoms in total. The van der Waals surface area contributed by atoms with Gasteiger partial charge in [-0.15, -0.1) is 0 Å². The van der Waals surface area contributed by atoms with E-state index in [4.69, 9.17) is 14.6 Å². The van der Waals surface area contributed by atoms with Gasteiger partial charge in [0.05, 0.1) is 38.2 Å². The van der Waals surface area contributed by atoms with Crippen LogP contribution in [0.15, 0.2) is 30.6 Å². The topological polar surface area (TPSA) is 68.5 Å². The zero-order chi connectivity index (χ0) is 16.7. The number of rotatable bonds is 9. The first-order valence-corrected chi connectivity index (χ1v) is 7.97. The highest BCUT2D eigenvalue weighted by atomic mass is 16.5. The second-order valence-electron chi connectivity index (χ2n) is 5.15. The molecule has 0 saturated heterocycles. The molecule has 0 bridgehead atoms. The minimum absolute atomic E-state index is 0.0767. The summed E-state index contributed by atoms with van der Waals surface area (Å²) in [4.78, 5) is 0. The fourth-order valence-electron chi connectivity index (χ4n) is 2.33. The van der Waals surface area contributed by atoms with Gasteiger partial charge in [-0.2, -0.15) is 5.10 Å². The average Bonchev–Trinajstić information content (AvgIpc) is 2.97. The van der Waals surface area contributed by atoms with Crippen LogP contribution in [0.1, 0.15) is 32.4 Å². The van der Waals surface area contributed by atoms with Crippen LogP contribution in [-0.4, -0.2) is 34.7 Å². The minimum atomic E-state index is 0.0767. The minimum Gasteiger partial charge on any atom is -0.490 e. The van der Waals surface area contributed by atoms with E-state index in [1.54, 1.807) is 10.9 Å². The fourth-order valence-corrected chi connectivity index (χ4v) is 2.33. The molecular weight excluding hydrogens is 294 g/mol. The lowest BCUT2D eigenvalue weighted by Crippen LogP contribution is -2.07. The van der Waals surface area contributed by atoms with Gasteiger partial charge in [-0.25, -0.2) is 0 Å².